The van der Waals surface area contributed by atoms with Crippen LogP contribution >= 0.6 is 0 Å². The number of nitrogens with one attached hydrogen (secondary N) is 1. The molecule has 0 aromatic carbocycles. The number of nitrogens with zero attached hydrogens (tertiary/aromatic N) is 2. The largest absolute Gasteiger partial charge is 0.438 e. The Labute approximate surface area is 118 Å². The first kappa shape index (κ1) is 15.0. The van der Waals surface area contributed by atoms with E-state index in [4.69, 9.17) is 4.42 Å². The minimum atomic E-state index is -3.65. The second-order valence-corrected chi connectivity index (χ2v) is 6.98. The monoisotopic (exact) mass is 301 g/mol. The first-order valence-corrected chi connectivity index (χ1v) is 7.79. The van der Waals surface area contributed by atoms with Crippen LogP contribution in [0.4, 0.5) is 0 Å². The highest BCUT2D eigenvalue weighted by atomic mass is 32.2. The molecule has 0 radical (unpaired) electrons. The van der Waals surface area contributed by atoms with Gasteiger partial charge in [-0.1, -0.05) is 0 Å². The number of amides is 1. The summed E-state index contributed by atoms with van der Waals surface area (Å²) >= 11 is 0. The summed E-state index contributed by atoms with van der Waals surface area (Å²) < 4.78 is 30.3. The highest BCUT2D eigenvalue weighted by molar-refractivity contribution is 7.89. The van der Waals surface area contributed by atoms with Crippen molar-refractivity contribution in [3.63, 3.8) is 0 Å². The van der Waals surface area contributed by atoms with Crippen molar-refractivity contribution in [2.75, 3.05) is 40.8 Å². The van der Waals surface area contributed by atoms with Gasteiger partial charge in [-0.25, -0.2) is 13.1 Å². The van der Waals surface area contributed by atoms with Crippen molar-refractivity contribution < 1.29 is 17.6 Å². The first-order valence-electron chi connectivity index (χ1n) is 6.31. The third-order valence-corrected chi connectivity index (χ3v) is 4.48. The predicted octanol–water partition coefficient (Wildman–Crippen LogP) is -0.179. The molecule has 20 heavy (non-hydrogen) atoms. The van der Waals surface area contributed by atoms with E-state index < -0.39 is 10.0 Å². The smallest absolute Gasteiger partial charge is 0.289 e. The van der Waals surface area contributed by atoms with Gasteiger partial charge in [-0.05, 0) is 33.3 Å². The number of carbonyl (C=O) groups is 1. The van der Waals surface area contributed by atoms with Crippen molar-refractivity contribution in [1.29, 1.82) is 0 Å². The van der Waals surface area contributed by atoms with Crippen LogP contribution in [0.15, 0.2) is 21.6 Å². The minimum Gasteiger partial charge on any atom is -0.438 e. The quantitative estimate of drug-likeness (QED) is 0.816. The van der Waals surface area contributed by atoms with E-state index >= 15 is 0 Å². The van der Waals surface area contributed by atoms with Gasteiger partial charge in [-0.15, -0.1) is 0 Å². The fraction of sp³-hybridized carbons (Fsp3) is 0.583. The zero-order valence-electron chi connectivity index (χ0n) is 11.8. The number of furan rings is 1. The molecule has 1 aliphatic rings. The molecule has 1 aromatic rings. The van der Waals surface area contributed by atoms with Crippen molar-refractivity contribution in [2.24, 2.45) is 5.92 Å². The summed E-state index contributed by atoms with van der Waals surface area (Å²) in [6.45, 7) is 2.28. The normalized spacial score (nSPS) is 16.5. The second kappa shape index (κ2) is 5.55. The van der Waals surface area contributed by atoms with Gasteiger partial charge in [0.25, 0.3) is 15.9 Å². The van der Waals surface area contributed by atoms with Gasteiger partial charge in [-0.3, -0.25) is 4.79 Å². The zero-order valence-corrected chi connectivity index (χ0v) is 12.6. The van der Waals surface area contributed by atoms with Crippen molar-refractivity contribution >= 4 is 15.9 Å². The van der Waals surface area contributed by atoms with Crippen LogP contribution in [0.5, 0.6) is 0 Å². The van der Waals surface area contributed by atoms with E-state index in [0.29, 0.717) is 19.0 Å². The lowest BCUT2D eigenvalue weighted by Gasteiger charge is -2.39. The van der Waals surface area contributed by atoms with Crippen molar-refractivity contribution in [2.45, 2.75) is 5.09 Å². The van der Waals surface area contributed by atoms with Gasteiger partial charge in [0.15, 0.2) is 5.76 Å². The van der Waals surface area contributed by atoms with E-state index in [1.54, 1.807) is 4.90 Å². The fourth-order valence-corrected chi connectivity index (χ4v) is 2.85. The molecule has 1 amide bonds. The highest BCUT2D eigenvalue weighted by Gasteiger charge is 2.33. The summed E-state index contributed by atoms with van der Waals surface area (Å²) in [6.07, 6.45) is 0. The molecule has 2 rings (SSSR count). The lowest BCUT2D eigenvalue weighted by Crippen LogP contribution is -2.53. The molecule has 8 heteroatoms. The van der Waals surface area contributed by atoms with Crippen molar-refractivity contribution in [3.8, 4) is 0 Å². The minimum absolute atomic E-state index is 0.0575. The molecule has 1 saturated heterocycles. The molecule has 1 aliphatic heterocycles. The Morgan fingerprint density at radius 3 is 2.65 bits per heavy atom. The summed E-state index contributed by atoms with van der Waals surface area (Å²) in [7, 11) is 1.63. The van der Waals surface area contributed by atoms with E-state index in [1.165, 1.54) is 19.2 Å². The molecular weight excluding hydrogens is 282 g/mol. The van der Waals surface area contributed by atoms with Gasteiger partial charge < -0.3 is 14.2 Å². The Morgan fingerprint density at radius 2 is 2.10 bits per heavy atom. The van der Waals surface area contributed by atoms with Gasteiger partial charge >= 0.3 is 0 Å². The maximum Gasteiger partial charge on any atom is 0.289 e. The van der Waals surface area contributed by atoms with Crippen LogP contribution in [0.3, 0.4) is 0 Å². The molecule has 0 saturated carbocycles. The zero-order chi connectivity index (χ0) is 14.9. The van der Waals surface area contributed by atoms with E-state index in [-0.39, 0.29) is 16.8 Å². The molecule has 0 unspecified atom stereocenters. The molecule has 0 spiro atoms. The lowest BCUT2D eigenvalue weighted by atomic mass is 9.99. The molecule has 0 aliphatic carbocycles. The second-order valence-electron chi connectivity index (χ2n) is 5.16. The molecular formula is C12H19N3O4S. The highest BCUT2D eigenvalue weighted by Crippen LogP contribution is 2.21. The number of hydrogen-bond donors (Lipinski definition) is 1. The standard InChI is InChI=1S/C12H19N3O4S/c1-13-20(17,18)11-5-4-10(19-11)12(16)15-7-9(8-15)6-14(2)3/h4-5,9,13H,6-8H2,1-3H3. The van der Waals surface area contributed by atoms with Gasteiger partial charge in [0, 0.05) is 25.6 Å². The number of sulfonamides is 1. The Hall–Kier alpha value is -1.38. The van der Waals surface area contributed by atoms with E-state index in [1.807, 2.05) is 14.1 Å². The van der Waals surface area contributed by atoms with Gasteiger partial charge in [0.1, 0.15) is 0 Å². The Bertz CT molecular complexity index is 588. The SMILES string of the molecule is CNS(=O)(=O)c1ccc(C(=O)N2CC(CN(C)C)C2)o1. The maximum atomic E-state index is 12.1. The number of carbonyl (C=O) groups excluding carboxylic acids is 1. The summed E-state index contributed by atoms with van der Waals surface area (Å²) in [6, 6.07) is 2.68. The molecule has 112 valence electrons. The van der Waals surface area contributed by atoms with Crippen LogP contribution in [0.1, 0.15) is 10.6 Å². The fourth-order valence-electron chi connectivity index (χ4n) is 2.20. The van der Waals surface area contributed by atoms with Crippen LogP contribution in [-0.4, -0.2) is 64.9 Å². The molecule has 1 N–H and O–H groups in total. The topological polar surface area (TPSA) is 82.9 Å². The molecule has 0 atom stereocenters. The Kier molecular flexibility index (Phi) is 4.17. The van der Waals surface area contributed by atoms with Crippen LogP contribution in [0.25, 0.3) is 0 Å². The van der Waals surface area contributed by atoms with Crippen molar-refractivity contribution in [3.05, 3.63) is 17.9 Å². The Morgan fingerprint density at radius 1 is 1.45 bits per heavy atom. The molecule has 2 heterocycles. The average Bonchev–Trinajstić information content (AvgIpc) is 2.82. The third-order valence-electron chi connectivity index (χ3n) is 3.19. The maximum absolute atomic E-state index is 12.1. The van der Waals surface area contributed by atoms with Gasteiger partial charge in [0.2, 0.25) is 5.09 Å². The van der Waals surface area contributed by atoms with E-state index in [2.05, 4.69) is 9.62 Å². The van der Waals surface area contributed by atoms with Crippen molar-refractivity contribution in [1.82, 2.24) is 14.5 Å². The van der Waals surface area contributed by atoms with Gasteiger partial charge in [-0.2, -0.15) is 0 Å². The summed E-state index contributed by atoms with van der Waals surface area (Å²) in [5.74, 6) is 0.254. The Balaban J connectivity index is 1.99. The first-order chi connectivity index (χ1) is 9.33. The van der Waals surface area contributed by atoms with E-state index in [9.17, 15) is 13.2 Å². The number of rotatable bonds is 5. The lowest BCUT2D eigenvalue weighted by molar-refractivity contribution is 0.0415. The third kappa shape index (κ3) is 3.02. The van der Waals surface area contributed by atoms with Crippen LogP contribution in [0, 0.1) is 5.92 Å². The summed E-state index contributed by atoms with van der Waals surface area (Å²) in [5, 5.41) is -0.242. The van der Waals surface area contributed by atoms with Gasteiger partial charge in [0.05, 0.1) is 0 Å². The predicted molar refractivity (Wildman–Crippen MR) is 72.9 cm³/mol. The summed E-state index contributed by atoms with van der Waals surface area (Å²) in [4.78, 5) is 15.8. The molecule has 1 fully saturated rings. The van der Waals surface area contributed by atoms with Crippen LogP contribution < -0.4 is 4.72 Å². The average molecular weight is 301 g/mol. The number of hydrogen-bond acceptors (Lipinski definition) is 5. The molecule has 1 aromatic heterocycles. The number of likely N-dealkylation sites (tertiary alicyclic amines) is 1. The van der Waals surface area contributed by atoms with Crippen LogP contribution in [0.2, 0.25) is 0 Å². The molecule has 7 nitrogen and oxygen atoms in total. The van der Waals surface area contributed by atoms with E-state index in [0.717, 1.165) is 6.54 Å². The van der Waals surface area contributed by atoms with Crippen LogP contribution in [-0.2, 0) is 10.0 Å². The molecule has 0 bridgehead atoms. The summed E-state index contributed by atoms with van der Waals surface area (Å²) in [5.41, 5.74) is 0.